The summed E-state index contributed by atoms with van der Waals surface area (Å²) in [6.45, 7) is 3.98. The number of ketones is 1. The van der Waals surface area contributed by atoms with E-state index in [9.17, 15) is 4.79 Å². The number of nitrogens with zero attached hydrogens (tertiary/aromatic N) is 4. The predicted molar refractivity (Wildman–Crippen MR) is 97.8 cm³/mol. The largest absolute Gasteiger partial charge is 0.292 e. The Balaban J connectivity index is 1.76. The molecule has 0 unspecified atom stereocenters. The lowest BCUT2D eigenvalue weighted by molar-refractivity contribution is 0.0984. The summed E-state index contributed by atoms with van der Waals surface area (Å²) in [4.78, 5) is 12.3. The third-order valence-electron chi connectivity index (χ3n) is 4.11. The summed E-state index contributed by atoms with van der Waals surface area (Å²) >= 11 is 0. The third-order valence-corrected chi connectivity index (χ3v) is 4.11. The predicted octanol–water partition coefficient (Wildman–Crippen LogP) is 4.88. The van der Waals surface area contributed by atoms with Crippen LogP contribution >= 0.6 is 0 Å². The molecule has 0 radical (unpaired) electrons. The lowest BCUT2D eigenvalue weighted by atomic mass is 10.0. The van der Waals surface area contributed by atoms with Crippen molar-refractivity contribution in [3.8, 4) is 0 Å². The van der Waals surface area contributed by atoms with Gasteiger partial charge in [0.1, 0.15) is 5.69 Å². The Kier molecular flexibility index (Phi) is 4.84. The number of rotatable bonds is 5. The summed E-state index contributed by atoms with van der Waals surface area (Å²) in [7, 11) is 1.77. The minimum atomic E-state index is 0.0497. The van der Waals surface area contributed by atoms with Gasteiger partial charge in [-0.2, -0.15) is 15.3 Å². The Morgan fingerprint density at radius 1 is 1.00 bits per heavy atom. The first-order valence-electron chi connectivity index (χ1n) is 8.12. The number of benzene rings is 2. The van der Waals surface area contributed by atoms with Gasteiger partial charge in [0.15, 0.2) is 5.78 Å². The molecule has 1 aromatic heterocycles. The topological polar surface area (TPSA) is 59.6 Å². The molecule has 0 spiro atoms. The maximum atomic E-state index is 12.3. The number of carbonyl (C=O) groups is 1. The van der Waals surface area contributed by atoms with E-state index in [4.69, 9.17) is 0 Å². The van der Waals surface area contributed by atoms with Crippen molar-refractivity contribution in [1.29, 1.82) is 0 Å². The smallest absolute Gasteiger partial charge is 0.185 e. The van der Waals surface area contributed by atoms with Crippen LogP contribution < -0.4 is 0 Å². The van der Waals surface area contributed by atoms with Crippen LogP contribution in [-0.4, -0.2) is 15.6 Å². The van der Waals surface area contributed by atoms with Crippen molar-refractivity contribution in [2.75, 3.05) is 0 Å². The Morgan fingerprint density at radius 3 is 2.36 bits per heavy atom. The van der Waals surface area contributed by atoms with Gasteiger partial charge in [-0.15, -0.1) is 0 Å². The maximum absolute atomic E-state index is 12.3. The van der Waals surface area contributed by atoms with Crippen molar-refractivity contribution in [2.24, 2.45) is 17.3 Å². The average Bonchev–Trinajstić information content (AvgIpc) is 3.01. The van der Waals surface area contributed by atoms with Crippen LogP contribution in [0.3, 0.4) is 0 Å². The van der Waals surface area contributed by atoms with Gasteiger partial charge in [0.25, 0.3) is 0 Å². The number of hydrogen-bond acceptors (Lipinski definition) is 4. The first-order valence-corrected chi connectivity index (χ1v) is 8.12. The van der Waals surface area contributed by atoms with Gasteiger partial charge in [-0.25, -0.2) is 0 Å². The minimum Gasteiger partial charge on any atom is -0.292 e. The fourth-order valence-electron chi connectivity index (χ4n) is 2.65. The Morgan fingerprint density at radius 2 is 1.72 bits per heavy atom. The van der Waals surface area contributed by atoms with Gasteiger partial charge in [-0.1, -0.05) is 30.3 Å². The van der Waals surface area contributed by atoms with Crippen molar-refractivity contribution in [3.05, 3.63) is 77.1 Å². The van der Waals surface area contributed by atoms with Crippen LogP contribution in [-0.2, 0) is 13.5 Å². The molecule has 0 amide bonds. The first-order chi connectivity index (χ1) is 12.0. The van der Waals surface area contributed by atoms with Crippen LogP contribution in [0.5, 0.6) is 0 Å². The lowest BCUT2D eigenvalue weighted by Crippen LogP contribution is -2.09. The molecule has 0 N–H and O–H groups in total. The molecule has 0 aliphatic carbocycles. The van der Waals surface area contributed by atoms with Gasteiger partial charge < -0.3 is 0 Å². The molecule has 25 heavy (non-hydrogen) atoms. The zero-order chi connectivity index (χ0) is 17.8. The Hall–Kier alpha value is -3.08. The molecular weight excluding hydrogens is 312 g/mol. The van der Waals surface area contributed by atoms with Gasteiger partial charge >= 0.3 is 0 Å². The zero-order valence-electron chi connectivity index (χ0n) is 14.6. The number of Topliss-reactive ketones (excluding diaryl/α,β-unsaturated/α-hetero) is 1. The van der Waals surface area contributed by atoms with E-state index in [-0.39, 0.29) is 5.78 Å². The van der Waals surface area contributed by atoms with E-state index >= 15 is 0 Å². The van der Waals surface area contributed by atoms with Crippen molar-refractivity contribution in [2.45, 2.75) is 20.3 Å². The molecule has 2 aromatic carbocycles. The minimum absolute atomic E-state index is 0.0497. The van der Waals surface area contributed by atoms with Gasteiger partial charge in [0.2, 0.25) is 0 Å². The molecule has 0 saturated heterocycles. The molecule has 5 nitrogen and oxygen atoms in total. The standard InChI is InChI=1S/C20H20N4O/c1-14-6-4-5-7-17(14)22-23-18-9-8-16(12-15(18)2)13-20(25)19-10-11-21-24(19)3/h4-12H,13H2,1-3H3. The van der Waals surface area contributed by atoms with Crippen molar-refractivity contribution in [3.63, 3.8) is 0 Å². The van der Waals surface area contributed by atoms with E-state index in [1.165, 1.54) is 0 Å². The molecule has 0 atom stereocenters. The van der Waals surface area contributed by atoms with Gasteiger partial charge in [-0.3, -0.25) is 9.48 Å². The van der Waals surface area contributed by atoms with Crippen molar-refractivity contribution in [1.82, 2.24) is 9.78 Å². The molecule has 0 aliphatic heterocycles. The van der Waals surface area contributed by atoms with Crippen LogP contribution in [0.15, 0.2) is 65.0 Å². The van der Waals surface area contributed by atoms with E-state index in [1.807, 2.05) is 56.3 Å². The van der Waals surface area contributed by atoms with Gasteiger partial charge in [-0.05, 0) is 48.7 Å². The molecule has 0 aliphatic rings. The molecule has 3 rings (SSSR count). The molecule has 0 saturated carbocycles. The van der Waals surface area contributed by atoms with Gasteiger partial charge in [0, 0.05) is 19.7 Å². The number of aromatic nitrogens is 2. The highest BCUT2D eigenvalue weighted by atomic mass is 16.1. The van der Waals surface area contributed by atoms with Crippen LogP contribution in [0.25, 0.3) is 0 Å². The van der Waals surface area contributed by atoms with E-state index in [0.717, 1.165) is 28.1 Å². The van der Waals surface area contributed by atoms with Gasteiger partial charge in [0.05, 0.1) is 11.4 Å². The second-order valence-electron chi connectivity index (χ2n) is 6.05. The van der Waals surface area contributed by atoms with E-state index in [2.05, 4.69) is 15.3 Å². The van der Waals surface area contributed by atoms with Crippen LogP contribution in [0.4, 0.5) is 11.4 Å². The SMILES string of the molecule is Cc1ccccc1N=Nc1ccc(CC(=O)c2ccnn2C)cc1C. The normalized spacial score (nSPS) is 11.2. The van der Waals surface area contributed by atoms with E-state index in [0.29, 0.717) is 12.1 Å². The van der Waals surface area contributed by atoms with Crippen molar-refractivity contribution < 1.29 is 4.79 Å². The quantitative estimate of drug-likeness (QED) is 0.494. The fourth-order valence-corrected chi connectivity index (χ4v) is 2.65. The summed E-state index contributed by atoms with van der Waals surface area (Å²) in [5, 5.41) is 12.7. The van der Waals surface area contributed by atoms with Crippen LogP contribution in [0, 0.1) is 13.8 Å². The molecule has 0 bridgehead atoms. The Bertz CT molecular complexity index is 940. The molecule has 1 heterocycles. The van der Waals surface area contributed by atoms with Crippen molar-refractivity contribution >= 4 is 17.2 Å². The third kappa shape index (κ3) is 3.88. The second-order valence-corrected chi connectivity index (χ2v) is 6.05. The summed E-state index contributed by atoms with van der Waals surface area (Å²) in [5.41, 5.74) is 5.31. The summed E-state index contributed by atoms with van der Waals surface area (Å²) in [6, 6.07) is 15.4. The van der Waals surface area contributed by atoms with E-state index < -0.39 is 0 Å². The second kappa shape index (κ2) is 7.21. The summed E-state index contributed by atoms with van der Waals surface area (Å²) in [5.74, 6) is 0.0497. The molecule has 5 heteroatoms. The average molecular weight is 332 g/mol. The number of carbonyl (C=O) groups excluding carboxylic acids is 1. The zero-order valence-corrected chi connectivity index (χ0v) is 14.6. The number of azo groups is 1. The first kappa shape index (κ1) is 16.8. The number of hydrogen-bond donors (Lipinski definition) is 0. The lowest BCUT2D eigenvalue weighted by Gasteiger charge is -2.05. The molecule has 0 fully saturated rings. The monoisotopic (exact) mass is 332 g/mol. The molecule has 3 aromatic rings. The molecular formula is C20H20N4O. The molecule has 126 valence electrons. The summed E-state index contributed by atoms with van der Waals surface area (Å²) < 4.78 is 1.60. The van der Waals surface area contributed by atoms with Crippen LogP contribution in [0.2, 0.25) is 0 Å². The highest BCUT2D eigenvalue weighted by Crippen LogP contribution is 2.25. The maximum Gasteiger partial charge on any atom is 0.185 e. The number of aryl methyl sites for hydroxylation is 3. The highest BCUT2D eigenvalue weighted by Gasteiger charge is 2.11. The highest BCUT2D eigenvalue weighted by molar-refractivity contribution is 5.96. The summed E-state index contributed by atoms with van der Waals surface area (Å²) in [6.07, 6.45) is 1.98. The Labute approximate surface area is 147 Å². The fraction of sp³-hybridized carbons (Fsp3) is 0.200. The van der Waals surface area contributed by atoms with E-state index in [1.54, 1.807) is 24.0 Å². The van der Waals surface area contributed by atoms with Crippen LogP contribution in [0.1, 0.15) is 27.2 Å².